The van der Waals surface area contributed by atoms with E-state index >= 15 is 0 Å². The number of hydrogen-bond acceptors (Lipinski definition) is 2. The van der Waals surface area contributed by atoms with Gasteiger partial charge in [-0.3, -0.25) is 4.79 Å². The summed E-state index contributed by atoms with van der Waals surface area (Å²) >= 11 is 0. The molecule has 0 bridgehead atoms. The van der Waals surface area contributed by atoms with Gasteiger partial charge in [-0.25, -0.2) is 0 Å². The Balaban J connectivity index is 1.84. The molecule has 1 aliphatic rings. The maximum absolute atomic E-state index is 12.4. The Kier molecular flexibility index (Phi) is 3.49. The van der Waals surface area contributed by atoms with Crippen LogP contribution >= 0.6 is 0 Å². The van der Waals surface area contributed by atoms with E-state index in [-0.39, 0.29) is 12.5 Å². The molecule has 3 rings (SSSR count). The normalized spacial score (nSPS) is 14.7. The molecule has 1 aromatic heterocycles. The number of nitrogens with zero attached hydrogens (tertiary/aromatic N) is 2. The zero-order chi connectivity index (χ0) is 14.1. The van der Waals surface area contributed by atoms with Gasteiger partial charge < -0.3 is 14.6 Å². The first-order valence-corrected chi connectivity index (χ1v) is 7.21. The fraction of sp³-hybridized carbons (Fsp3) is 0.438. The Hall–Kier alpha value is -1.81. The standard InChI is InChI=1S/C16H20N2O2/c1-2-18(14-5-6-14)16(20)10-17-8-7-13-4-3-12(11-19)9-15(13)17/h3-4,7-9,14,19H,2,5-6,10-11H2,1H3. The average molecular weight is 272 g/mol. The highest BCUT2D eigenvalue weighted by molar-refractivity contribution is 5.84. The topological polar surface area (TPSA) is 45.5 Å². The number of aliphatic hydroxyl groups excluding tert-OH is 1. The lowest BCUT2D eigenvalue weighted by Crippen LogP contribution is -2.35. The number of benzene rings is 1. The number of amides is 1. The number of carbonyl (C=O) groups is 1. The zero-order valence-corrected chi connectivity index (χ0v) is 11.7. The van der Waals surface area contributed by atoms with Crippen molar-refractivity contribution in [3.8, 4) is 0 Å². The molecule has 1 aromatic carbocycles. The van der Waals surface area contributed by atoms with Crippen molar-refractivity contribution in [1.29, 1.82) is 0 Å². The summed E-state index contributed by atoms with van der Waals surface area (Å²) in [7, 11) is 0. The van der Waals surface area contributed by atoms with Crippen LogP contribution in [0, 0.1) is 0 Å². The Morgan fingerprint density at radius 3 is 2.85 bits per heavy atom. The summed E-state index contributed by atoms with van der Waals surface area (Å²) in [5.74, 6) is 0.182. The summed E-state index contributed by atoms with van der Waals surface area (Å²) in [6.45, 7) is 3.22. The molecule has 1 amide bonds. The number of hydrogen-bond donors (Lipinski definition) is 1. The van der Waals surface area contributed by atoms with Crippen LogP contribution in [0.5, 0.6) is 0 Å². The van der Waals surface area contributed by atoms with E-state index in [1.54, 1.807) is 0 Å². The van der Waals surface area contributed by atoms with Crippen LogP contribution in [0.15, 0.2) is 30.5 Å². The van der Waals surface area contributed by atoms with Crippen molar-refractivity contribution in [3.63, 3.8) is 0 Å². The van der Waals surface area contributed by atoms with Crippen LogP contribution in [0.1, 0.15) is 25.3 Å². The van der Waals surface area contributed by atoms with Gasteiger partial charge in [0.15, 0.2) is 0 Å². The fourth-order valence-electron chi connectivity index (χ4n) is 2.73. The zero-order valence-electron chi connectivity index (χ0n) is 11.7. The highest BCUT2D eigenvalue weighted by atomic mass is 16.3. The minimum atomic E-state index is 0.0260. The van der Waals surface area contributed by atoms with E-state index < -0.39 is 0 Å². The second kappa shape index (κ2) is 5.29. The Bertz CT molecular complexity index is 628. The van der Waals surface area contributed by atoms with Crippen LogP contribution in [-0.2, 0) is 17.9 Å². The molecule has 0 saturated heterocycles. The predicted octanol–water partition coefficient (Wildman–Crippen LogP) is 2.14. The molecule has 4 nitrogen and oxygen atoms in total. The van der Waals surface area contributed by atoms with Gasteiger partial charge in [0.2, 0.25) is 5.91 Å². The predicted molar refractivity (Wildman–Crippen MR) is 78.3 cm³/mol. The summed E-state index contributed by atoms with van der Waals surface area (Å²) in [5, 5.41) is 10.3. The highest BCUT2D eigenvalue weighted by Gasteiger charge is 2.31. The van der Waals surface area contributed by atoms with Gasteiger partial charge in [0.1, 0.15) is 6.54 Å². The molecule has 0 spiro atoms. The molecule has 106 valence electrons. The van der Waals surface area contributed by atoms with E-state index in [9.17, 15) is 9.90 Å². The van der Waals surface area contributed by atoms with E-state index in [0.717, 1.165) is 35.9 Å². The van der Waals surface area contributed by atoms with Crippen molar-refractivity contribution >= 4 is 16.8 Å². The quantitative estimate of drug-likeness (QED) is 0.906. The lowest BCUT2D eigenvalue weighted by Gasteiger charge is -2.21. The maximum Gasteiger partial charge on any atom is 0.242 e. The third-order valence-corrected chi connectivity index (χ3v) is 3.98. The SMILES string of the molecule is CCN(C(=O)Cn1ccc2ccc(CO)cc21)C1CC1. The van der Waals surface area contributed by atoms with E-state index in [1.807, 2.05) is 46.9 Å². The summed E-state index contributed by atoms with van der Waals surface area (Å²) < 4.78 is 1.97. The van der Waals surface area contributed by atoms with Crippen LogP contribution in [0.25, 0.3) is 10.9 Å². The molecule has 0 radical (unpaired) electrons. The van der Waals surface area contributed by atoms with Gasteiger partial charge >= 0.3 is 0 Å². The largest absolute Gasteiger partial charge is 0.392 e. The van der Waals surface area contributed by atoms with Crippen molar-refractivity contribution in [1.82, 2.24) is 9.47 Å². The minimum Gasteiger partial charge on any atom is -0.392 e. The van der Waals surface area contributed by atoms with Crippen molar-refractivity contribution in [2.24, 2.45) is 0 Å². The summed E-state index contributed by atoms with van der Waals surface area (Å²) in [6, 6.07) is 8.33. The monoisotopic (exact) mass is 272 g/mol. The van der Waals surface area contributed by atoms with Gasteiger partial charge in [0, 0.05) is 24.3 Å². The number of likely N-dealkylation sites (N-methyl/N-ethyl adjacent to an activating group) is 1. The van der Waals surface area contributed by atoms with Crippen LogP contribution in [0.3, 0.4) is 0 Å². The third kappa shape index (κ3) is 2.43. The molecule has 1 N–H and O–H groups in total. The van der Waals surface area contributed by atoms with Crippen molar-refractivity contribution in [2.45, 2.75) is 39.0 Å². The molecule has 1 saturated carbocycles. The Morgan fingerprint density at radius 1 is 1.40 bits per heavy atom. The summed E-state index contributed by atoms with van der Waals surface area (Å²) in [5.41, 5.74) is 1.89. The molecule has 2 aromatic rings. The maximum atomic E-state index is 12.4. The van der Waals surface area contributed by atoms with E-state index in [4.69, 9.17) is 0 Å². The Labute approximate surface area is 118 Å². The molecule has 0 atom stereocenters. The second-order valence-electron chi connectivity index (χ2n) is 5.41. The lowest BCUT2D eigenvalue weighted by atomic mass is 10.2. The average Bonchev–Trinajstić information content (AvgIpc) is 3.22. The van der Waals surface area contributed by atoms with Gasteiger partial charge in [-0.2, -0.15) is 0 Å². The molecule has 0 aliphatic heterocycles. The first-order valence-electron chi connectivity index (χ1n) is 7.21. The highest BCUT2D eigenvalue weighted by Crippen LogP contribution is 2.27. The van der Waals surface area contributed by atoms with Gasteiger partial charge in [-0.15, -0.1) is 0 Å². The van der Waals surface area contributed by atoms with Crippen molar-refractivity contribution in [3.05, 3.63) is 36.0 Å². The first kappa shape index (κ1) is 13.2. The third-order valence-electron chi connectivity index (χ3n) is 3.98. The number of aromatic nitrogens is 1. The van der Waals surface area contributed by atoms with Gasteiger partial charge in [0.25, 0.3) is 0 Å². The number of aliphatic hydroxyl groups is 1. The van der Waals surface area contributed by atoms with E-state index in [0.29, 0.717) is 12.6 Å². The number of rotatable bonds is 5. The number of carbonyl (C=O) groups excluding carboxylic acids is 1. The molecule has 0 unspecified atom stereocenters. The molecule has 20 heavy (non-hydrogen) atoms. The smallest absolute Gasteiger partial charge is 0.242 e. The molecule has 4 heteroatoms. The minimum absolute atomic E-state index is 0.0260. The van der Waals surface area contributed by atoms with E-state index in [2.05, 4.69) is 0 Å². The lowest BCUT2D eigenvalue weighted by molar-refractivity contribution is -0.132. The number of fused-ring (bicyclic) bond motifs is 1. The summed E-state index contributed by atoms with van der Waals surface area (Å²) in [6.07, 6.45) is 4.23. The second-order valence-corrected chi connectivity index (χ2v) is 5.41. The van der Waals surface area contributed by atoms with Gasteiger partial charge in [-0.1, -0.05) is 12.1 Å². The first-order chi connectivity index (χ1) is 9.72. The van der Waals surface area contributed by atoms with Crippen molar-refractivity contribution < 1.29 is 9.90 Å². The molecular formula is C16H20N2O2. The molecule has 1 aliphatic carbocycles. The van der Waals surface area contributed by atoms with Crippen molar-refractivity contribution in [2.75, 3.05) is 6.54 Å². The van der Waals surface area contributed by atoms with Gasteiger partial charge in [0.05, 0.1) is 6.61 Å². The van der Waals surface area contributed by atoms with Crippen LogP contribution in [-0.4, -0.2) is 33.1 Å². The summed E-state index contributed by atoms with van der Waals surface area (Å²) in [4.78, 5) is 14.4. The van der Waals surface area contributed by atoms with Crippen LogP contribution in [0.4, 0.5) is 0 Å². The van der Waals surface area contributed by atoms with Crippen LogP contribution < -0.4 is 0 Å². The van der Waals surface area contributed by atoms with Gasteiger partial charge in [-0.05, 0) is 42.8 Å². The van der Waals surface area contributed by atoms with E-state index in [1.165, 1.54) is 0 Å². The molecular weight excluding hydrogens is 252 g/mol. The molecule has 1 heterocycles. The fourth-order valence-corrected chi connectivity index (χ4v) is 2.73. The van der Waals surface area contributed by atoms with Crippen LogP contribution in [0.2, 0.25) is 0 Å². The molecule has 1 fully saturated rings. The Morgan fingerprint density at radius 2 is 2.20 bits per heavy atom.